The molecule has 0 aromatic heterocycles. The van der Waals surface area contributed by atoms with Crippen molar-refractivity contribution in [2.45, 2.75) is 37.6 Å². The maximum absolute atomic E-state index is 12.2. The van der Waals surface area contributed by atoms with Gasteiger partial charge in [-0.1, -0.05) is 24.3 Å². The first-order chi connectivity index (χ1) is 9.63. The van der Waals surface area contributed by atoms with E-state index in [1.54, 1.807) is 0 Å². The van der Waals surface area contributed by atoms with Gasteiger partial charge in [0, 0.05) is 12.0 Å². The highest BCUT2D eigenvalue weighted by molar-refractivity contribution is 6.05. The van der Waals surface area contributed by atoms with Crippen LogP contribution in [0.2, 0.25) is 0 Å². The summed E-state index contributed by atoms with van der Waals surface area (Å²) in [5, 5.41) is 12.2. The van der Waals surface area contributed by atoms with E-state index < -0.39 is 11.4 Å². The van der Waals surface area contributed by atoms with E-state index in [1.165, 1.54) is 11.1 Å². The number of fused-ring (bicyclic) bond motifs is 3. The largest absolute Gasteiger partial charge is 0.480 e. The Morgan fingerprint density at radius 1 is 1.25 bits per heavy atom. The molecule has 2 fully saturated rings. The van der Waals surface area contributed by atoms with Crippen molar-refractivity contribution in [3.05, 3.63) is 35.4 Å². The molecule has 0 radical (unpaired) electrons. The Labute approximate surface area is 117 Å². The van der Waals surface area contributed by atoms with Crippen LogP contribution < -0.4 is 5.32 Å². The van der Waals surface area contributed by atoms with Gasteiger partial charge in [-0.25, -0.2) is 0 Å². The number of aliphatic carboxylic acids is 1. The summed E-state index contributed by atoms with van der Waals surface area (Å²) in [5.41, 5.74) is 1.60. The summed E-state index contributed by atoms with van der Waals surface area (Å²) < 4.78 is 0. The molecule has 4 nitrogen and oxygen atoms in total. The molecule has 104 valence electrons. The van der Waals surface area contributed by atoms with E-state index in [4.69, 9.17) is 5.11 Å². The molecule has 3 aliphatic rings. The Bertz CT molecular complexity index is 605. The lowest BCUT2D eigenvalue weighted by atomic mass is 9.92. The summed E-state index contributed by atoms with van der Waals surface area (Å²) in [4.78, 5) is 23.4. The van der Waals surface area contributed by atoms with Crippen molar-refractivity contribution in [2.24, 2.45) is 11.3 Å². The number of nitrogens with one attached hydrogen (secondary N) is 1. The molecule has 1 aromatic carbocycles. The molecule has 3 aliphatic carbocycles. The number of amides is 1. The lowest BCUT2D eigenvalue weighted by Crippen LogP contribution is -2.39. The van der Waals surface area contributed by atoms with Crippen LogP contribution in [0.1, 0.15) is 36.3 Å². The molecule has 3 unspecified atom stereocenters. The van der Waals surface area contributed by atoms with Crippen molar-refractivity contribution < 1.29 is 14.7 Å². The van der Waals surface area contributed by atoms with Crippen LogP contribution in [0.15, 0.2) is 24.3 Å². The molecular weight excluding hydrogens is 254 g/mol. The van der Waals surface area contributed by atoms with Crippen molar-refractivity contribution >= 4 is 11.9 Å². The van der Waals surface area contributed by atoms with Crippen molar-refractivity contribution in [1.29, 1.82) is 0 Å². The minimum atomic E-state index is -1.12. The number of aryl methyl sites for hydroxylation is 1. The Morgan fingerprint density at radius 2 is 2.00 bits per heavy atom. The van der Waals surface area contributed by atoms with Crippen LogP contribution in [0.4, 0.5) is 0 Å². The third kappa shape index (κ3) is 1.54. The van der Waals surface area contributed by atoms with Crippen molar-refractivity contribution in [2.75, 3.05) is 0 Å². The number of hydrogen-bond acceptors (Lipinski definition) is 2. The molecule has 4 rings (SSSR count). The minimum absolute atomic E-state index is 0.142. The quantitative estimate of drug-likeness (QED) is 0.822. The molecule has 0 spiro atoms. The highest BCUT2D eigenvalue weighted by Crippen LogP contribution is 2.55. The van der Waals surface area contributed by atoms with Crippen LogP contribution in [0.25, 0.3) is 0 Å². The van der Waals surface area contributed by atoms with Gasteiger partial charge in [0.1, 0.15) is 5.41 Å². The molecule has 20 heavy (non-hydrogen) atoms. The summed E-state index contributed by atoms with van der Waals surface area (Å²) in [6, 6.07) is 8.53. The smallest absolute Gasteiger partial charge is 0.319 e. The Morgan fingerprint density at radius 3 is 2.70 bits per heavy atom. The molecule has 2 saturated carbocycles. The highest BCUT2D eigenvalue weighted by atomic mass is 16.4. The van der Waals surface area contributed by atoms with E-state index in [1.807, 2.05) is 6.07 Å². The number of carbonyl (C=O) groups excluding carboxylic acids is 1. The van der Waals surface area contributed by atoms with Gasteiger partial charge in [0.2, 0.25) is 5.91 Å². The molecular formula is C16H17NO3. The fraction of sp³-hybridized carbons (Fsp3) is 0.500. The summed E-state index contributed by atoms with van der Waals surface area (Å²) in [5.74, 6) is -0.354. The number of rotatable bonds is 3. The average molecular weight is 271 g/mol. The maximum Gasteiger partial charge on any atom is 0.319 e. The second-order valence-electron chi connectivity index (χ2n) is 6.31. The van der Waals surface area contributed by atoms with E-state index >= 15 is 0 Å². The molecule has 0 saturated heterocycles. The predicted molar refractivity (Wildman–Crippen MR) is 72.2 cm³/mol. The predicted octanol–water partition coefficient (Wildman–Crippen LogP) is 1.70. The third-order valence-corrected chi connectivity index (χ3v) is 5.22. The number of hydrogen-bond donors (Lipinski definition) is 2. The molecule has 0 heterocycles. The Hall–Kier alpha value is -1.84. The monoisotopic (exact) mass is 271 g/mol. The zero-order chi connectivity index (χ0) is 13.9. The lowest BCUT2D eigenvalue weighted by Gasteiger charge is -2.13. The molecule has 1 amide bonds. The van der Waals surface area contributed by atoms with Gasteiger partial charge in [-0.15, -0.1) is 0 Å². The van der Waals surface area contributed by atoms with Crippen LogP contribution in [0, 0.1) is 11.3 Å². The van der Waals surface area contributed by atoms with Gasteiger partial charge in [0.25, 0.3) is 0 Å². The fourth-order valence-electron chi connectivity index (χ4n) is 3.72. The number of carboxylic acid groups (broad SMARTS) is 1. The van der Waals surface area contributed by atoms with Crippen molar-refractivity contribution in [3.63, 3.8) is 0 Å². The van der Waals surface area contributed by atoms with Crippen molar-refractivity contribution in [1.82, 2.24) is 5.32 Å². The maximum atomic E-state index is 12.2. The minimum Gasteiger partial charge on any atom is -0.480 e. The van der Waals surface area contributed by atoms with Gasteiger partial charge < -0.3 is 10.4 Å². The fourth-order valence-corrected chi connectivity index (χ4v) is 3.72. The number of carbonyl (C=O) groups is 2. The van der Waals surface area contributed by atoms with Gasteiger partial charge in [-0.2, -0.15) is 0 Å². The first-order valence-electron chi connectivity index (χ1n) is 7.26. The first kappa shape index (κ1) is 11.9. The second-order valence-corrected chi connectivity index (χ2v) is 6.31. The zero-order valence-corrected chi connectivity index (χ0v) is 11.1. The Balaban J connectivity index is 1.51. The SMILES string of the molecule is O=C(O)C1(C(=O)NC2C3CCc4ccccc4C32)CC1. The summed E-state index contributed by atoms with van der Waals surface area (Å²) in [7, 11) is 0. The average Bonchev–Trinajstić information content (AvgIpc) is 3.33. The second kappa shape index (κ2) is 3.84. The normalized spacial score (nSPS) is 31.7. The third-order valence-electron chi connectivity index (χ3n) is 5.22. The van der Waals surface area contributed by atoms with Gasteiger partial charge in [-0.3, -0.25) is 9.59 Å². The van der Waals surface area contributed by atoms with E-state index in [2.05, 4.69) is 23.5 Å². The van der Waals surface area contributed by atoms with E-state index in [9.17, 15) is 9.59 Å². The van der Waals surface area contributed by atoms with Crippen LogP contribution in [-0.2, 0) is 16.0 Å². The summed E-state index contributed by atoms with van der Waals surface area (Å²) >= 11 is 0. The molecule has 0 aliphatic heterocycles. The molecule has 1 aromatic rings. The van der Waals surface area contributed by atoms with E-state index in [-0.39, 0.29) is 11.9 Å². The van der Waals surface area contributed by atoms with Crippen LogP contribution >= 0.6 is 0 Å². The van der Waals surface area contributed by atoms with Crippen molar-refractivity contribution in [3.8, 4) is 0 Å². The van der Waals surface area contributed by atoms with E-state index in [0.717, 1.165) is 12.8 Å². The van der Waals surface area contributed by atoms with Gasteiger partial charge in [0.15, 0.2) is 0 Å². The number of carboxylic acids is 1. The van der Waals surface area contributed by atoms with Crippen LogP contribution in [0.5, 0.6) is 0 Å². The molecule has 4 heteroatoms. The molecule has 2 N–H and O–H groups in total. The van der Waals surface area contributed by atoms with Gasteiger partial charge in [0.05, 0.1) is 0 Å². The summed E-state index contributed by atoms with van der Waals surface area (Å²) in [6.45, 7) is 0. The van der Waals surface area contributed by atoms with Crippen LogP contribution in [0.3, 0.4) is 0 Å². The molecule has 0 bridgehead atoms. The summed E-state index contributed by atoms with van der Waals surface area (Å²) in [6.07, 6.45) is 3.11. The zero-order valence-electron chi connectivity index (χ0n) is 11.1. The number of benzene rings is 1. The highest BCUT2D eigenvalue weighted by Gasteiger charge is 2.61. The lowest BCUT2D eigenvalue weighted by molar-refractivity contribution is -0.149. The standard InChI is InChI=1S/C16H17NO3/c18-14(16(7-8-16)15(19)20)17-13-11-6-5-9-3-1-2-4-10(9)12(11)13/h1-4,11-13H,5-8H2,(H,17,18)(H,19,20). The Kier molecular flexibility index (Phi) is 2.29. The van der Waals surface area contributed by atoms with Crippen LogP contribution in [-0.4, -0.2) is 23.0 Å². The first-order valence-corrected chi connectivity index (χ1v) is 7.26. The van der Waals surface area contributed by atoms with Gasteiger partial charge >= 0.3 is 5.97 Å². The topological polar surface area (TPSA) is 66.4 Å². The van der Waals surface area contributed by atoms with E-state index in [0.29, 0.717) is 24.7 Å². The molecule has 3 atom stereocenters. The van der Waals surface area contributed by atoms with Gasteiger partial charge in [-0.05, 0) is 42.7 Å².